The maximum absolute atomic E-state index is 12.1. The number of para-hydroxylation sites is 1. The lowest BCUT2D eigenvalue weighted by molar-refractivity contribution is -0.116. The van der Waals surface area contributed by atoms with Crippen LogP contribution >= 0.6 is 0 Å². The molecular weight excluding hydrogens is 306 g/mol. The van der Waals surface area contributed by atoms with Gasteiger partial charge in [-0.1, -0.05) is 18.2 Å². The minimum atomic E-state index is -0.190. The Morgan fingerprint density at radius 1 is 1.12 bits per heavy atom. The fraction of sp³-hybridized carbons (Fsp3) is 0.176. The number of ether oxygens (including phenoxy) is 1. The van der Waals surface area contributed by atoms with E-state index in [1.165, 1.54) is 0 Å². The largest absolute Gasteiger partial charge is 0.424 e. The van der Waals surface area contributed by atoms with E-state index in [0.29, 0.717) is 22.8 Å². The van der Waals surface area contributed by atoms with Crippen molar-refractivity contribution in [3.8, 4) is 11.8 Å². The van der Waals surface area contributed by atoms with E-state index in [9.17, 15) is 4.79 Å². The van der Waals surface area contributed by atoms with Crippen LogP contribution in [0.25, 0.3) is 0 Å². The number of aryl methyl sites for hydroxylation is 2. The van der Waals surface area contributed by atoms with Crippen molar-refractivity contribution in [2.24, 2.45) is 0 Å². The number of hydrogen-bond acceptors (Lipinski definition) is 5. The first kappa shape index (κ1) is 15.7. The summed E-state index contributed by atoms with van der Waals surface area (Å²) in [5, 5.41) is 6.84. The molecule has 0 unspecified atom stereocenters. The van der Waals surface area contributed by atoms with E-state index < -0.39 is 0 Å². The Hall–Kier alpha value is -3.22. The lowest BCUT2D eigenvalue weighted by atomic mass is 10.3. The number of benzene rings is 1. The lowest BCUT2D eigenvalue weighted by Crippen LogP contribution is -2.20. The second-order valence-electron chi connectivity index (χ2n) is 5.22. The van der Waals surface area contributed by atoms with E-state index in [4.69, 9.17) is 4.74 Å². The molecule has 0 radical (unpaired) electrons. The van der Waals surface area contributed by atoms with Gasteiger partial charge in [-0.3, -0.25) is 9.48 Å². The van der Waals surface area contributed by atoms with Crippen LogP contribution in [0.3, 0.4) is 0 Å². The van der Waals surface area contributed by atoms with E-state index in [1.54, 1.807) is 37.0 Å². The van der Waals surface area contributed by atoms with Crippen molar-refractivity contribution in [2.45, 2.75) is 20.4 Å². The number of rotatable bonds is 5. The van der Waals surface area contributed by atoms with Gasteiger partial charge in [0.25, 0.3) is 0 Å². The van der Waals surface area contributed by atoms with Crippen LogP contribution < -0.4 is 10.1 Å². The Balaban J connectivity index is 1.73. The summed E-state index contributed by atoms with van der Waals surface area (Å²) in [5.74, 6) is 0.469. The van der Waals surface area contributed by atoms with Crippen LogP contribution in [-0.2, 0) is 11.3 Å². The Morgan fingerprint density at radius 2 is 1.83 bits per heavy atom. The third kappa shape index (κ3) is 3.75. The molecule has 122 valence electrons. The normalized spacial score (nSPS) is 10.4. The van der Waals surface area contributed by atoms with Crippen LogP contribution in [0.5, 0.6) is 11.8 Å². The van der Waals surface area contributed by atoms with Crippen molar-refractivity contribution >= 4 is 11.6 Å². The third-order valence-electron chi connectivity index (χ3n) is 3.33. The maximum atomic E-state index is 12.1. The molecule has 0 aliphatic heterocycles. The van der Waals surface area contributed by atoms with Gasteiger partial charge in [-0.2, -0.15) is 15.1 Å². The summed E-state index contributed by atoms with van der Waals surface area (Å²) in [6, 6.07) is 11.3. The van der Waals surface area contributed by atoms with Gasteiger partial charge < -0.3 is 10.1 Å². The molecule has 0 aliphatic rings. The van der Waals surface area contributed by atoms with Gasteiger partial charge in [0.15, 0.2) is 0 Å². The molecule has 0 bridgehead atoms. The molecule has 24 heavy (non-hydrogen) atoms. The van der Waals surface area contributed by atoms with E-state index in [2.05, 4.69) is 20.4 Å². The molecule has 1 aromatic carbocycles. The Labute approximate surface area is 139 Å². The van der Waals surface area contributed by atoms with Crippen LogP contribution in [0.15, 0.2) is 48.8 Å². The number of anilines is 1. The zero-order valence-electron chi connectivity index (χ0n) is 13.4. The molecule has 1 amide bonds. The van der Waals surface area contributed by atoms with Crippen LogP contribution in [0.2, 0.25) is 0 Å². The zero-order chi connectivity index (χ0) is 16.9. The molecular formula is C17H17N5O2. The molecule has 2 aromatic heterocycles. The van der Waals surface area contributed by atoms with Gasteiger partial charge in [-0.25, -0.2) is 0 Å². The van der Waals surface area contributed by atoms with Gasteiger partial charge in [0.1, 0.15) is 12.3 Å². The number of carbonyl (C=O) groups excluding carboxylic acids is 1. The SMILES string of the molecule is Cc1nc(Oc2ccccc2)nc(C)c1NC(=O)Cn1cccn1. The summed E-state index contributed by atoms with van der Waals surface area (Å²) < 4.78 is 7.19. The highest BCUT2D eigenvalue weighted by Crippen LogP contribution is 2.23. The second kappa shape index (κ2) is 6.91. The number of aromatic nitrogens is 4. The summed E-state index contributed by atoms with van der Waals surface area (Å²) in [4.78, 5) is 20.7. The highest BCUT2D eigenvalue weighted by atomic mass is 16.5. The van der Waals surface area contributed by atoms with Crippen molar-refractivity contribution in [3.05, 3.63) is 60.2 Å². The van der Waals surface area contributed by atoms with Crippen molar-refractivity contribution in [2.75, 3.05) is 5.32 Å². The van der Waals surface area contributed by atoms with Crippen LogP contribution in [0.4, 0.5) is 5.69 Å². The molecule has 1 N–H and O–H groups in total. The molecule has 7 nitrogen and oxygen atoms in total. The molecule has 0 saturated heterocycles. The van der Waals surface area contributed by atoms with E-state index in [1.807, 2.05) is 30.3 Å². The van der Waals surface area contributed by atoms with Gasteiger partial charge in [0, 0.05) is 12.4 Å². The minimum Gasteiger partial charge on any atom is -0.424 e. The summed E-state index contributed by atoms with van der Waals surface area (Å²) in [5.41, 5.74) is 1.87. The first-order chi connectivity index (χ1) is 11.6. The highest BCUT2D eigenvalue weighted by Gasteiger charge is 2.13. The van der Waals surface area contributed by atoms with Crippen molar-refractivity contribution in [1.29, 1.82) is 0 Å². The van der Waals surface area contributed by atoms with E-state index in [0.717, 1.165) is 0 Å². The molecule has 7 heteroatoms. The van der Waals surface area contributed by atoms with Gasteiger partial charge in [0.05, 0.1) is 17.1 Å². The molecule has 3 aromatic rings. The predicted octanol–water partition coefficient (Wildman–Crippen LogP) is 2.72. The molecule has 0 aliphatic carbocycles. The first-order valence-corrected chi connectivity index (χ1v) is 7.47. The van der Waals surface area contributed by atoms with Gasteiger partial charge >= 0.3 is 6.01 Å². The molecule has 0 spiro atoms. The van der Waals surface area contributed by atoms with Crippen molar-refractivity contribution in [3.63, 3.8) is 0 Å². The average molecular weight is 323 g/mol. The lowest BCUT2D eigenvalue weighted by Gasteiger charge is -2.12. The molecule has 2 heterocycles. The van der Waals surface area contributed by atoms with Crippen molar-refractivity contribution < 1.29 is 9.53 Å². The molecule has 0 atom stereocenters. The second-order valence-corrected chi connectivity index (χ2v) is 5.22. The summed E-state index contributed by atoms with van der Waals surface area (Å²) in [6.45, 7) is 3.74. The van der Waals surface area contributed by atoms with Crippen LogP contribution in [0, 0.1) is 13.8 Å². The van der Waals surface area contributed by atoms with Crippen LogP contribution in [-0.4, -0.2) is 25.7 Å². The number of nitrogens with zero attached hydrogens (tertiary/aromatic N) is 4. The Bertz CT molecular complexity index is 808. The van der Waals surface area contributed by atoms with E-state index >= 15 is 0 Å². The maximum Gasteiger partial charge on any atom is 0.322 e. The first-order valence-electron chi connectivity index (χ1n) is 7.47. The fourth-order valence-electron chi connectivity index (χ4n) is 2.23. The highest BCUT2D eigenvalue weighted by molar-refractivity contribution is 5.91. The summed E-state index contributed by atoms with van der Waals surface area (Å²) >= 11 is 0. The van der Waals surface area contributed by atoms with Gasteiger partial charge in [-0.15, -0.1) is 0 Å². The van der Waals surface area contributed by atoms with Gasteiger partial charge in [0.2, 0.25) is 5.91 Å². The van der Waals surface area contributed by atoms with E-state index in [-0.39, 0.29) is 18.5 Å². The topological polar surface area (TPSA) is 81.9 Å². The number of amides is 1. The summed E-state index contributed by atoms with van der Waals surface area (Å²) in [6.07, 6.45) is 3.36. The third-order valence-corrected chi connectivity index (χ3v) is 3.33. The zero-order valence-corrected chi connectivity index (χ0v) is 13.4. The smallest absolute Gasteiger partial charge is 0.322 e. The molecule has 3 rings (SSSR count). The fourth-order valence-corrected chi connectivity index (χ4v) is 2.23. The Kier molecular flexibility index (Phi) is 4.51. The predicted molar refractivity (Wildman–Crippen MR) is 88.9 cm³/mol. The number of carbonyl (C=O) groups is 1. The minimum absolute atomic E-state index is 0.133. The van der Waals surface area contributed by atoms with Gasteiger partial charge in [-0.05, 0) is 32.0 Å². The molecule has 0 saturated carbocycles. The molecule has 0 fully saturated rings. The quantitative estimate of drug-likeness (QED) is 0.780. The average Bonchev–Trinajstić information content (AvgIpc) is 3.05. The summed E-state index contributed by atoms with van der Waals surface area (Å²) in [7, 11) is 0. The van der Waals surface area contributed by atoms with Crippen LogP contribution in [0.1, 0.15) is 11.4 Å². The standard InChI is InChI=1S/C17H17N5O2/c1-12-16(21-15(23)11-22-10-6-9-18-22)13(2)20-17(19-12)24-14-7-4-3-5-8-14/h3-10H,11H2,1-2H3,(H,21,23). The number of nitrogens with one attached hydrogen (secondary N) is 1. The Morgan fingerprint density at radius 3 is 2.46 bits per heavy atom. The monoisotopic (exact) mass is 323 g/mol. The van der Waals surface area contributed by atoms with Crippen molar-refractivity contribution in [1.82, 2.24) is 19.7 Å². The number of hydrogen-bond donors (Lipinski definition) is 1.